The third kappa shape index (κ3) is 3.24. The lowest BCUT2D eigenvalue weighted by atomic mass is 10.1. The average Bonchev–Trinajstić information content (AvgIpc) is 2.63. The molecule has 7 heteroatoms. The van der Waals surface area contributed by atoms with E-state index in [1.807, 2.05) is 24.3 Å². The molecule has 0 radical (unpaired) electrons. The summed E-state index contributed by atoms with van der Waals surface area (Å²) in [6.07, 6.45) is 1.53. The number of aryl methyl sites for hydroxylation is 2. The number of methoxy groups -OCH3 is 1. The first kappa shape index (κ1) is 17.8. The maximum atomic E-state index is 12.9. The van der Waals surface area contributed by atoms with Crippen LogP contribution in [0.15, 0.2) is 30.5 Å². The molecule has 1 fully saturated rings. The number of benzene rings is 1. The van der Waals surface area contributed by atoms with Crippen molar-refractivity contribution in [1.82, 2.24) is 14.9 Å². The Morgan fingerprint density at radius 1 is 1.27 bits per heavy atom. The van der Waals surface area contributed by atoms with E-state index in [4.69, 9.17) is 4.74 Å². The molecule has 2 heterocycles. The summed E-state index contributed by atoms with van der Waals surface area (Å²) in [4.78, 5) is 37.4. The first-order valence-electron chi connectivity index (χ1n) is 8.49. The number of carbonyl (C=O) groups is 2. The Hall–Kier alpha value is -2.96. The molecule has 1 aromatic heterocycles. The van der Waals surface area contributed by atoms with Crippen LogP contribution in [0.2, 0.25) is 0 Å². The SMILES string of the molecule is COc1cccc(N2CCN(C(=O)c3cnc(C)nc3C)[C@H](C)C2=O)c1. The summed E-state index contributed by atoms with van der Waals surface area (Å²) in [5, 5.41) is 0. The van der Waals surface area contributed by atoms with Gasteiger partial charge < -0.3 is 14.5 Å². The Labute approximate surface area is 152 Å². The Morgan fingerprint density at radius 2 is 2.04 bits per heavy atom. The second-order valence-corrected chi connectivity index (χ2v) is 6.28. The summed E-state index contributed by atoms with van der Waals surface area (Å²) < 4.78 is 5.23. The molecule has 1 saturated heterocycles. The topological polar surface area (TPSA) is 75.6 Å². The van der Waals surface area contributed by atoms with Crippen LogP contribution in [0.5, 0.6) is 5.75 Å². The zero-order chi connectivity index (χ0) is 18.8. The van der Waals surface area contributed by atoms with Crippen molar-refractivity contribution in [3.8, 4) is 5.75 Å². The second-order valence-electron chi connectivity index (χ2n) is 6.28. The van der Waals surface area contributed by atoms with Crippen molar-refractivity contribution in [3.63, 3.8) is 0 Å². The number of piperazine rings is 1. The highest BCUT2D eigenvalue weighted by Gasteiger charge is 2.36. The number of carbonyl (C=O) groups excluding carboxylic acids is 2. The van der Waals surface area contributed by atoms with Gasteiger partial charge in [0.1, 0.15) is 17.6 Å². The number of rotatable bonds is 3. The van der Waals surface area contributed by atoms with Gasteiger partial charge in [-0.05, 0) is 32.9 Å². The van der Waals surface area contributed by atoms with Gasteiger partial charge in [0.2, 0.25) is 5.91 Å². The van der Waals surface area contributed by atoms with Gasteiger partial charge in [-0.25, -0.2) is 9.97 Å². The standard InChI is InChI=1S/C19H22N4O3/c1-12-17(11-20-14(3)21-12)19(25)22-8-9-23(18(24)13(22)2)15-6-5-7-16(10-15)26-4/h5-7,10-11,13H,8-9H2,1-4H3/t13-/m1/s1. The maximum Gasteiger partial charge on any atom is 0.258 e. The van der Waals surface area contributed by atoms with Gasteiger partial charge in [0.25, 0.3) is 5.91 Å². The zero-order valence-corrected chi connectivity index (χ0v) is 15.4. The number of hydrogen-bond acceptors (Lipinski definition) is 5. The first-order valence-corrected chi connectivity index (χ1v) is 8.49. The van der Waals surface area contributed by atoms with Crippen LogP contribution in [-0.2, 0) is 4.79 Å². The lowest BCUT2D eigenvalue weighted by molar-refractivity contribution is -0.124. The summed E-state index contributed by atoms with van der Waals surface area (Å²) in [7, 11) is 1.59. The highest BCUT2D eigenvalue weighted by Crippen LogP contribution is 2.25. The van der Waals surface area contributed by atoms with Crippen LogP contribution in [-0.4, -0.2) is 52.9 Å². The van der Waals surface area contributed by atoms with E-state index < -0.39 is 6.04 Å². The number of ether oxygens (including phenoxy) is 1. The molecule has 7 nitrogen and oxygen atoms in total. The second kappa shape index (κ2) is 7.11. The fraction of sp³-hybridized carbons (Fsp3) is 0.368. The van der Waals surface area contributed by atoms with Crippen LogP contribution >= 0.6 is 0 Å². The van der Waals surface area contributed by atoms with E-state index in [9.17, 15) is 9.59 Å². The Kier molecular flexibility index (Phi) is 4.88. The third-order valence-corrected chi connectivity index (χ3v) is 4.61. The van der Waals surface area contributed by atoms with Crippen LogP contribution < -0.4 is 9.64 Å². The van der Waals surface area contributed by atoms with E-state index in [1.54, 1.807) is 37.7 Å². The van der Waals surface area contributed by atoms with Gasteiger partial charge in [-0.15, -0.1) is 0 Å². The number of nitrogens with zero attached hydrogens (tertiary/aromatic N) is 4. The number of anilines is 1. The van der Waals surface area contributed by atoms with Gasteiger partial charge >= 0.3 is 0 Å². The molecule has 1 atom stereocenters. The fourth-order valence-electron chi connectivity index (χ4n) is 3.13. The van der Waals surface area contributed by atoms with Gasteiger partial charge in [-0.3, -0.25) is 9.59 Å². The first-order chi connectivity index (χ1) is 12.4. The summed E-state index contributed by atoms with van der Waals surface area (Å²) in [5.74, 6) is 0.970. The lowest BCUT2D eigenvalue weighted by Gasteiger charge is -2.39. The smallest absolute Gasteiger partial charge is 0.258 e. The average molecular weight is 354 g/mol. The molecule has 0 saturated carbocycles. The van der Waals surface area contributed by atoms with Crippen molar-refractivity contribution < 1.29 is 14.3 Å². The van der Waals surface area contributed by atoms with Gasteiger partial charge in [0.05, 0.1) is 18.4 Å². The van der Waals surface area contributed by atoms with Gasteiger partial charge in [0, 0.05) is 31.0 Å². The number of amides is 2. The van der Waals surface area contributed by atoms with Crippen molar-refractivity contribution in [1.29, 1.82) is 0 Å². The van der Waals surface area contributed by atoms with Gasteiger partial charge in [-0.1, -0.05) is 6.07 Å². The van der Waals surface area contributed by atoms with Gasteiger partial charge in [-0.2, -0.15) is 0 Å². The van der Waals surface area contributed by atoms with Crippen molar-refractivity contribution in [2.24, 2.45) is 0 Å². The summed E-state index contributed by atoms with van der Waals surface area (Å²) in [6.45, 7) is 6.17. The molecule has 136 valence electrons. The van der Waals surface area contributed by atoms with E-state index >= 15 is 0 Å². The van der Waals surface area contributed by atoms with E-state index in [0.717, 1.165) is 5.69 Å². The molecule has 0 unspecified atom stereocenters. The van der Waals surface area contributed by atoms with Crippen LogP contribution in [0.3, 0.4) is 0 Å². The minimum Gasteiger partial charge on any atom is -0.497 e. The third-order valence-electron chi connectivity index (χ3n) is 4.61. The van der Waals surface area contributed by atoms with E-state index in [2.05, 4.69) is 9.97 Å². The molecule has 3 rings (SSSR count). The van der Waals surface area contributed by atoms with Gasteiger partial charge in [0.15, 0.2) is 0 Å². The molecular weight excluding hydrogens is 332 g/mol. The molecule has 1 aromatic carbocycles. The predicted molar refractivity (Wildman–Crippen MR) is 97.4 cm³/mol. The molecule has 0 aliphatic carbocycles. The molecule has 1 aliphatic heterocycles. The summed E-state index contributed by atoms with van der Waals surface area (Å²) in [6, 6.07) is 6.79. The maximum absolute atomic E-state index is 12.9. The van der Waals surface area contributed by atoms with Crippen LogP contribution in [0.1, 0.15) is 28.8 Å². The summed E-state index contributed by atoms with van der Waals surface area (Å²) >= 11 is 0. The highest BCUT2D eigenvalue weighted by molar-refractivity contribution is 6.03. The quantitative estimate of drug-likeness (QED) is 0.842. The monoisotopic (exact) mass is 354 g/mol. The fourth-order valence-corrected chi connectivity index (χ4v) is 3.13. The minimum atomic E-state index is -0.567. The zero-order valence-electron chi connectivity index (χ0n) is 15.4. The molecular formula is C19H22N4O3. The van der Waals surface area contributed by atoms with E-state index in [-0.39, 0.29) is 11.8 Å². The highest BCUT2D eigenvalue weighted by atomic mass is 16.5. The van der Waals surface area contributed by atoms with Crippen molar-refractivity contribution in [2.45, 2.75) is 26.8 Å². The lowest BCUT2D eigenvalue weighted by Crippen LogP contribution is -2.57. The number of aromatic nitrogens is 2. The van der Waals surface area contributed by atoms with Crippen molar-refractivity contribution >= 4 is 17.5 Å². The molecule has 2 amide bonds. The Morgan fingerprint density at radius 3 is 2.73 bits per heavy atom. The van der Waals surface area contributed by atoms with Crippen LogP contribution in [0.25, 0.3) is 0 Å². The normalized spacial score (nSPS) is 17.4. The van der Waals surface area contributed by atoms with Crippen molar-refractivity contribution in [2.75, 3.05) is 25.1 Å². The minimum absolute atomic E-state index is 0.122. The van der Waals surface area contributed by atoms with Crippen molar-refractivity contribution in [3.05, 3.63) is 47.5 Å². The Bertz CT molecular complexity index is 852. The Balaban J connectivity index is 1.82. The van der Waals surface area contributed by atoms with Crippen LogP contribution in [0, 0.1) is 13.8 Å². The van der Waals surface area contributed by atoms with E-state index in [1.165, 1.54) is 6.20 Å². The predicted octanol–water partition coefficient (Wildman–Crippen LogP) is 1.98. The molecule has 0 spiro atoms. The number of hydrogen-bond donors (Lipinski definition) is 0. The van der Waals surface area contributed by atoms with Crippen LogP contribution in [0.4, 0.5) is 5.69 Å². The molecule has 1 aliphatic rings. The summed E-state index contributed by atoms with van der Waals surface area (Å²) in [5.41, 5.74) is 1.82. The molecule has 0 bridgehead atoms. The van der Waals surface area contributed by atoms with E-state index in [0.29, 0.717) is 35.9 Å². The molecule has 2 aromatic rings. The largest absolute Gasteiger partial charge is 0.497 e. The molecule has 26 heavy (non-hydrogen) atoms. The molecule has 0 N–H and O–H groups in total.